The van der Waals surface area contributed by atoms with Crippen LogP contribution < -0.4 is 0 Å². The fourth-order valence-electron chi connectivity index (χ4n) is 2.57. The fourth-order valence-corrected chi connectivity index (χ4v) is 5.72. The van der Waals surface area contributed by atoms with E-state index in [0.29, 0.717) is 0 Å². The molecule has 2 nitrogen and oxygen atoms in total. The molecule has 0 N–H and O–H groups in total. The Morgan fingerprint density at radius 3 is 0.718 bits per heavy atom. The Kier molecular flexibility index (Phi) is 9.50. The van der Waals surface area contributed by atoms with Gasteiger partial charge in [0.2, 0.25) is 0 Å². The Morgan fingerprint density at radius 2 is 0.564 bits per heavy atom. The van der Waals surface area contributed by atoms with E-state index in [1.165, 1.54) is 0 Å². The zero-order valence-electron chi connectivity index (χ0n) is 18.0. The van der Waals surface area contributed by atoms with Gasteiger partial charge in [-0.25, -0.2) is 0 Å². The van der Waals surface area contributed by atoms with Gasteiger partial charge < -0.3 is 8.85 Å². The van der Waals surface area contributed by atoms with Crippen LogP contribution in [0.2, 0.25) is 0 Å². The summed E-state index contributed by atoms with van der Waals surface area (Å²) in [5, 5.41) is 0. The molecule has 236 valence electrons. The van der Waals surface area contributed by atoms with Gasteiger partial charge >= 0.3 is 67.5 Å². The molecule has 0 saturated heterocycles. The van der Waals surface area contributed by atoms with Gasteiger partial charge in [-0.05, 0) is 13.8 Å². The Bertz CT molecular complexity index is 788. The van der Waals surface area contributed by atoms with Crippen molar-refractivity contribution in [3.05, 3.63) is 0 Å². The van der Waals surface area contributed by atoms with Gasteiger partial charge in [0.25, 0.3) is 0 Å². The van der Waals surface area contributed by atoms with Gasteiger partial charge in [-0.3, -0.25) is 0 Å². The molecule has 0 amide bonds. The summed E-state index contributed by atoms with van der Waals surface area (Å²) < 4.78 is 301. The summed E-state index contributed by atoms with van der Waals surface area (Å²) in [5.74, 6) is -51.4. The van der Waals surface area contributed by atoms with Crippen molar-refractivity contribution in [1.82, 2.24) is 0 Å². The lowest BCUT2D eigenvalue weighted by molar-refractivity contribution is -0.425. The second kappa shape index (κ2) is 9.86. The summed E-state index contributed by atoms with van der Waals surface area (Å²) in [6.07, 6.45) is -15.9. The maximum atomic E-state index is 14.7. The van der Waals surface area contributed by atoms with Crippen molar-refractivity contribution >= 4 is 8.56 Å². The van der Waals surface area contributed by atoms with Gasteiger partial charge in [0.1, 0.15) is 0 Å². The zero-order chi connectivity index (χ0) is 32.3. The Balaban J connectivity index is 7.84. The normalized spacial score (nSPS) is 16.6. The predicted molar refractivity (Wildman–Crippen MR) is 80.7 cm³/mol. The molecule has 0 aliphatic carbocycles. The van der Waals surface area contributed by atoms with Gasteiger partial charge in [0, 0.05) is 13.2 Å². The highest BCUT2D eigenvalue weighted by molar-refractivity contribution is 6.73. The minimum absolute atomic E-state index is 0.0197. The molecule has 0 radical (unpaired) electrons. The van der Waals surface area contributed by atoms with Gasteiger partial charge in [0.05, 0.1) is 0 Å². The molecule has 0 aliphatic rings. The highest BCUT2D eigenvalue weighted by Gasteiger charge is 3.00. The Hall–Kier alpha value is -1.40. The molecule has 0 saturated carbocycles. The van der Waals surface area contributed by atoms with Gasteiger partial charge in [-0.15, -0.1) is 0 Å². The summed E-state index contributed by atoms with van der Waals surface area (Å²) >= 11 is 0. The van der Waals surface area contributed by atoms with E-state index >= 15 is 0 Å². The van der Waals surface area contributed by atoms with Crippen LogP contribution in [-0.2, 0) is 8.85 Å². The van der Waals surface area contributed by atoms with Crippen molar-refractivity contribution in [3.63, 3.8) is 0 Å². The summed E-state index contributed by atoms with van der Waals surface area (Å²) in [6, 6.07) is 0. The molecule has 0 unspecified atom stereocenters. The van der Waals surface area contributed by atoms with E-state index in [9.17, 15) is 96.6 Å². The van der Waals surface area contributed by atoms with Crippen LogP contribution >= 0.6 is 0 Å². The maximum absolute atomic E-state index is 14.7. The molecule has 0 fully saturated rings. The second-order valence-electron chi connectivity index (χ2n) is 7.07. The fraction of sp³-hybridized carbons (Fsp3) is 1.00. The number of halogens is 22. The molecule has 39 heavy (non-hydrogen) atoms. The third-order valence-electron chi connectivity index (χ3n) is 4.60. The predicted octanol–water partition coefficient (Wildman–Crippen LogP) is 7.79. The summed E-state index contributed by atoms with van der Waals surface area (Å²) in [5.41, 5.74) is -16.7. The molecule has 0 heterocycles. The van der Waals surface area contributed by atoms with E-state index in [0.717, 1.165) is 0 Å². The topological polar surface area (TPSA) is 18.5 Å². The highest BCUT2D eigenvalue weighted by atomic mass is 28.4. The van der Waals surface area contributed by atoms with Crippen LogP contribution in [0.4, 0.5) is 96.6 Å². The van der Waals surface area contributed by atoms with E-state index in [4.69, 9.17) is 0 Å². The molecule has 0 rings (SSSR count). The smallest absolute Gasteiger partial charge is 0.387 e. The molecule has 25 heteroatoms. The first-order valence-corrected chi connectivity index (χ1v) is 10.9. The summed E-state index contributed by atoms with van der Waals surface area (Å²) in [4.78, 5) is 0. The molecule has 0 atom stereocenters. The van der Waals surface area contributed by atoms with Gasteiger partial charge in [-0.1, -0.05) is 0 Å². The Morgan fingerprint density at radius 1 is 0.359 bits per heavy atom. The molecule has 0 aromatic heterocycles. The van der Waals surface area contributed by atoms with Crippen LogP contribution in [0.3, 0.4) is 0 Å². The van der Waals surface area contributed by atoms with Crippen LogP contribution in [0.25, 0.3) is 0 Å². The van der Waals surface area contributed by atoms with Crippen LogP contribution in [0.5, 0.6) is 0 Å². The van der Waals surface area contributed by atoms with Crippen molar-refractivity contribution in [2.75, 3.05) is 13.2 Å². The van der Waals surface area contributed by atoms with Gasteiger partial charge in [-0.2, -0.15) is 96.6 Å². The van der Waals surface area contributed by atoms with E-state index in [-0.39, 0.29) is 13.8 Å². The first-order chi connectivity index (χ1) is 16.6. The maximum Gasteiger partial charge on any atom is 0.503 e. The number of alkyl halides is 22. The first kappa shape index (κ1) is 37.6. The van der Waals surface area contributed by atoms with E-state index in [1.54, 1.807) is 0 Å². The number of hydrogen-bond acceptors (Lipinski definition) is 2. The van der Waals surface area contributed by atoms with Crippen molar-refractivity contribution in [3.8, 4) is 0 Å². The highest BCUT2D eigenvalue weighted by Crippen LogP contribution is 2.65. The number of hydrogen-bond donors (Lipinski definition) is 0. The van der Waals surface area contributed by atoms with Crippen LogP contribution in [0.1, 0.15) is 13.8 Å². The quantitative estimate of drug-likeness (QED) is 0.158. The molecule has 0 aliphatic heterocycles. The Labute approximate surface area is 201 Å². The molecule has 0 spiro atoms. The lowest BCUT2D eigenvalue weighted by atomic mass is 10.0. The van der Waals surface area contributed by atoms with Gasteiger partial charge in [0.15, 0.2) is 0 Å². The number of rotatable bonds is 12. The lowest BCUT2D eigenvalue weighted by Crippen LogP contribution is -2.84. The van der Waals surface area contributed by atoms with Crippen LogP contribution in [-0.4, -0.2) is 80.8 Å². The minimum atomic E-state index is -9.55. The zero-order valence-corrected chi connectivity index (χ0v) is 19.0. The first-order valence-electron chi connectivity index (χ1n) is 9.06. The average molecular weight is 656 g/mol. The third-order valence-corrected chi connectivity index (χ3v) is 8.27. The SMILES string of the molecule is CCO[Si](OCC)(C(F)(F)C(F)(F)C(F)(F)C(F)(F)C(F)(F)F)C(F)(F)C(F)(F)C(F)(F)C(F)(F)C(F)(F)F. The van der Waals surface area contributed by atoms with E-state index in [2.05, 4.69) is 8.85 Å². The monoisotopic (exact) mass is 656 g/mol. The average Bonchev–Trinajstić information content (AvgIpc) is 2.70. The third kappa shape index (κ3) is 4.69. The largest absolute Gasteiger partial charge is 0.503 e. The summed E-state index contributed by atoms with van der Waals surface area (Å²) in [7, 11) is -9.55. The van der Waals surface area contributed by atoms with Crippen LogP contribution in [0.15, 0.2) is 0 Å². The van der Waals surface area contributed by atoms with Crippen molar-refractivity contribution in [1.29, 1.82) is 0 Å². The van der Waals surface area contributed by atoms with Crippen molar-refractivity contribution < 1.29 is 105 Å². The molecule has 0 aromatic carbocycles. The molecular formula is C14H10F22O2Si. The van der Waals surface area contributed by atoms with E-state index in [1.807, 2.05) is 0 Å². The van der Waals surface area contributed by atoms with Crippen LogP contribution in [0, 0.1) is 0 Å². The second-order valence-corrected chi connectivity index (χ2v) is 10.1. The van der Waals surface area contributed by atoms with E-state index < -0.39 is 80.8 Å². The minimum Gasteiger partial charge on any atom is -0.387 e. The van der Waals surface area contributed by atoms with Crippen molar-refractivity contribution in [2.45, 2.75) is 72.8 Å². The molecular weight excluding hydrogens is 646 g/mol. The van der Waals surface area contributed by atoms with Crippen molar-refractivity contribution in [2.24, 2.45) is 0 Å². The standard InChI is InChI=1S/C14H10F22O2Si/c1-3-37-39(38-4-2,13(33,34)9(23,24)5(15,16)7(19,20)11(27,28)29)14(35,36)10(25,26)6(17,18)8(21,22)12(30,31)32/h3-4H2,1-2H3. The molecule has 0 aromatic rings. The summed E-state index contributed by atoms with van der Waals surface area (Å²) in [6.45, 7) is -4.58. The lowest BCUT2D eigenvalue weighted by Gasteiger charge is -2.48. The molecule has 0 bridgehead atoms.